The maximum absolute atomic E-state index is 14.5. The van der Waals surface area contributed by atoms with Crippen molar-refractivity contribution < 1.29 is 82.8 Å². The van der Waals surface area contributed by atoms with Crippen molar-refractivity contribution in [3.8, 4) is 0 Å². The standard InChI is InChI=1S/C52H79N17O17S/c1-24(41(74)65-39(26(3)71)48(81)60-25(2)49(82)67-13-5-8-35(67)46(79)63-33(52(85)86)17-29-19-56-23-58-29)59-44(77)34(21-87)64-47(80)36-9-6-14-68(36)50(83)31(11-12-38(54)73)61-43(76)32(16-28-18-55-22-57-28)62-45(78)37-10-7-15-69(37)51(84)40(27(4)72)66-42(75)30(53)20-70/h18-19,22-27,30-37,39-40,70-72,87H,5-17,20-21,53H2,1-4H3,(H2,54,73)(H,55,57)(H,56,58)(H,59,77)(H,60,81)(H,61,76)(H,62,78)(H,63,79)(H,64,80)(H,65,74)(H,66,75)(H,85,86)/t24-,25-,26+,27+,30-,31-,32-,33-,34-,35-,36-,37-,39-,40-/m0/s1. The van der Waals surface area contributed by atoms with Crippen LogP contribution in [0.2, 0.25) is 0 Å². The van der Waals surface area contributed by atoms with Crippen molar-refractivity contribution in [3.05, 3.63) is 36.4 Å². The predicted octanol–water partition coefficient (Wildman–Crippen LogP) is -7.83. The lowest BCUT2D eigenvalue weighted by atomic mass is 10.0. The van der Waals surface area contributed by atoms with Gasteiger partial charge in [-0.2, -0.15) is 12.6 Å². The molecule has 5 heterocycles. The average molecular weight is 1250 g/mol. The highest BCUT2D eigenvalue weighted by Crippen LogP contribution is 2.23. The lowest BCUT2D eigenvalue weighted by Crippen LogP contribution is -2.61. The van der Waals surface area contributed by atoms with Crippen LogP contribution < -0.4 is 54.0 Å². The van der Waals surface area contributed by atoms with Crippen molar-refractivity contribution >= 4 is 89.5 Å². The van der Waals surface area contributed by atoms with Gasteiger partial charge in [-0.1, -0.05) is 0 Å². The van der Waals surface area contributed by atoms with Crippen LogP contribution >= 0.6 is 12.6 Å². The number of aliphatic hydroxyl groups excluding tert-OH is 3. The Hall–Kier alpha value is -8.28. The number of carbonyl (C=O) groups is 13. The Balaban J connectivity index is 1.20. The molecule has 14 atom stereocenters. The van der Waals surface area contributed by atoms with Crippen LogP contribution in [0.4, 0.5) is 0 Å². The van der Waals surface area contributed by atoms with Gasteiger partial charge in [0, 0.05) is 68.4 Å². The van der Waals surface area contributed by atoms with Crippen LogP contribution in [0.3, 0.4) is 0 Å². The molecule has 35 heteroatoms. The molecule has 480 valence electrons. The Kier molecular flexibility index (Phi) is 25.9. The molecule has 3 aliphatic rings. The van der Waals surface area contributed by atoms with E-state index in [4.69, 9.17) is 11.5 Å². The number of aromatic amines is 2. The summed E-state index contributed by atoms with van der Waals surface area (Å²) < 4.78 is 0. The van der Waals surface area contributed by atoms with Crippen LogP contribution in [0.15, 0.2) is 25.0 Å². The Bertz CT molecular complexity index is 2790. The molecule has 0 spiro atoms. The molecular formula is C52H79N17O17S. The van der Waals surface area contributed by atoms with E-state index in [2.05, 4.69) is 75.1 Å². The number of carboxylic acid groups (broad SMARTS) is 1. The van der Waals surface area contributed by atoms with Crippen molar-refractivity contribution in [1.29, 1.82) is 0 Å². The molecule has 0 aromatic carbocycles. The molecular weight excluding hydrogens is 1170 g/mol. The maximum atomic E-state index is 14.5. The normalized spacial score (nSPS) is 20.3. The number of nitrogens with zero attached hydrogens (tertiary/aromatic N) is 5. The summed E-state index contributed by atoms with van der Waals surface area (Å²) in [5, 5.41) is 59.7. The number of nitrogens with one attached hydrogen (secondary N) is 10. The topological polar surface area (TPSA) is 518 Å². The first-order valence-corrected chi connectivity index (χ1v) is 28.9. The number of hydrogen-bond donors (Lipinski definition) is 17. The minimum Gasteiger partial charge on any atom is -0.480 e. The first-order valence-electron chi connectivity index (χ1n) is 28.3. The van der Waals surface area contributed by atoms with Crippen LogP contribution in [-0.2, 0) is 75.2 Å². The lowest BCUT2D eigenvalue weighted by molar-refractivity contribution is -0.145. The summed E-state index contributed by atoms with van der Waals surface area (Å²) >= 11 is 4.22. The highest BCUT2D eigenvalue weighted by Gasteiger charge is 2.44. The van der Waals surface area contributed by atoms with Gasteiger partial charge in [-0.05, 0) is 72.6 Å². The van der Waals surface area contributed by atoms with E-state index in [9.17, 15) is 82.8 Å². The number of aromatic nitrogens is 4. The molecule has 3 aliphatic heterocycles. The number of nitrogens with two attached hydrogens (primary N) is 2. The molecule has 0 aliphatic carbocycles. The van der Waals surface area contributed by atoms with E-state index in [1.807, 2.05) is 0 Å². The van der Waals surface area contributed by atoms with E-state index in [1.54, 1.807) is 0 Å². The van der Waals surface area contributed by atoms with Crippen LogP contribution in [0.25, 0.3) is 0 Å². The van der Waals surface area contributed by atoms with Crippen molar-refractivity contribution in [2.24, 2.45) is 11.5 Å². The smallest absolute Gasteiger partial charge is 0.326 e. The molecule has 0 unspecified atom stereocenters. The average Bonchev–Trinajstić information content (AvgIpc) is 4.58. The van der Waals surface area contributed by atoms with Crippen molar-refractivity contribution in [2.75, 3.05) is 32.0 Å². The molecule has 0 bridgehead atoms. The molecule has 12 amide bonds. The fourth-order valence-corrected chi connectivity index (χ4v) is 10.4. The molecule has 0 radical (unpaired) electrons. The minimum atomic E-state index is -1.69. The van der Waals surface area contributed by atoms with Gasteiger partial charge in [0.25, 0.3) is 0 Å². The first-order chi connectivity index (χ1) is 41.2. The monoisotopic (exact) mass is 1250 g/mol. The molecule has 5 rings (SSSR count). The third kappa shape index (κ3) is 19.1. The van der Waals surface area contributed by atoms with Crippen molar-refractivity contribution in [1.82, 2.24) is 77.2 Å². The number of thiol groups is 1. The number of aliphatic carboxylic acids is 1. The zero-order valence-corrected chi connectivity index (χ0v) is 49.3. The molecule has 0 saturated carbocycles. The van der Waals surface area contributed by atoms with Gasteiger partial charge in [0.05, 0.1) is 31.5 Å². The van der Waals surface area contributed by atoms with Gasteiger partial charge in [0.2, 0.25) is 70.9 Å². The SMILES string of the molecule is C[C@H](NC(=O)[C@H](CS)NC(=O)[C@@H]1CCCN1C(=O)[C@H](CCC(N)=O)NC(=O)[C@H](Cc1cnc[nH]1)NC(=O)[C@@H]1CCCN1C(=O)[C@@H](NC(=O)[C@@H](N)CO)[C@@H](C)O)C(=O)N[C@H](C(=O)N[C@@H](C)C(=O)N1CCC[C@H]1C(=O)N[C@@H](Cc1cnc[nH]1)C(=O)O)[C@@H](C)O. The van der Waals surface area contributed by atoms with Gasteiger partial charge in [0.15, 0.2) is 0 Å². The summed E-state index contributed by atoms with van der Waals surface area (Å²) in [6, 6.07) is -16.7. The molecule has 3 fully saturated rings. The van der Waals surface area contributed by atoms with Crippen LogP contribution in [-0.4, -0.2) is 249 Å². The number of aliphatic hydroxyl groups is 3. The summed E-state index contributed by atoms with van der Waals surface area (Å²) in [5.41, 5.74) is 11.9. The molecule has 34 nitrogen and oxygen atoms in total. The first kappa shape index (κ1) is 69.5. The highest BCUT2D eigenvalue weighted by atomic mass is 32.1. The number of likely N-dealkylation sites (tertiary alicyclic amines) is 3. The summed E-state index contributed by atoms with van der Waals surface area (Å²) in [5.74, 6) is -12.1. The number of hydrogen-bond acceptors (Lipinski definition) is 20. The van der Waals surface area contributed by atoms with E-state index in [0.717, 1.165) is 9.80 Å². The zero-order valence-electron chi connectivity index (χ0n) is 48.4. The van der Waals surface area contributed by atoms with Gasteiger partial charge in [0.1, 0.15) is 72.5 Å². The van der Waals surface area contributed by atoms with Gasteiger partial charge in [-0.25, -0.2) is 14.8 Å². The molecule has 2 aromatic rings. The number of H-pyrrole nitrogens is 2. The molecule has 3 saturated heterocycles. The summed E-state index contributed by atoms with van der Waals surface area (Å²) in [4.78, 5) is 191. The Labute approximate surface area is 504 Å². The predicted molar refractivity (Wildman–Crippen MR) is 304 cm³/mol. The number of carboxylic acids is 1. The fourth-order valence-electron chi connectivity index (χ4n) is 10.2. The van der Waals surface area contributed by atoms with Crippen LogP contribution in [0, 0.1) is 0 Å². The second-order valence-corrected chi connectivity index (χ2v) is 22.0. The number of carbonyl (C=O) groups excluding carboxylic acids is 12. The second kappa shape index (κ2) is 32.5. The second-order valence-electron chi connectivity index (χ2n) is 21.6. The Morgan fingerprint density at radius 1 is 0.575 bits per heavy atom. The fraction of sp³-hybridized carbons (Fsp3) is 0.635. The summed E-state index contributed by atoms with van der Waals surface area (Å²) in [6.07, 6.45) is 2.61. The van der Waals surface area contributed by atoms with E-state index in [0.29, 0.717) is 24.2 Å². The van der Waals surface area contributed by atoms with Gasteiger partial charge in [-0.3, -0.25) is 57.5 Å². The van der Waals surface area contributed by atoms with Crippen molar-refractivity contribution in [3.63, 3.8) is 0 Å². The van der Waals surface area contributed by atoms with Crippen LogP contribution in [0.5, 0.6) is 0 Å². The van der Waals surface area contributed by atoms with E-state index >= 15 is 0 Å². The molecule has 18 N–H and O–H groups in total. The van der Waals surface area contributed by atoms with Gasteiger partial charge >= 0.3 is 5.97 Å². The van der Waals surface area contributed by atoms with E-state index in [-0.39, 0.29) is 70.3 Å². The van der Waals surface area contributed by atoms with E-state index < -0.39 is 175 Å². The van der Waals surface area contributed by atoms with Gasteiger partial charge < -0.3 is 99.1 Å². The van der Waals surface area contributed by atoms with Crippen molar-refractivity contribution in [2.45, 2.75) is 177 Å². The quantitative estimate of drug-likeness (QED) is 0.0312. The van der Waals surface area contributed by atoms with Crippen LogP contribution in [0.1, 0.15) is 90.4 Å². The summed E-state index contributed by atoms with van der Waals surface area (Å²) in [7, 11) is 0. The Morgan fingerprint density at radius 2 is 1.02 bits per heavy atom. The zero-order chi connectivity index (χ0) is 64.4. The largest absolute Gasteiger partial charge is 0.480 e. The van der Waals surface area contributed by atoms with Gasteiger partial charge in [-0.15, -0.1) is 0 Å². The number of imidazole rings is 2. The molecule has 87 heavy (non-hydrogen) atoms. The lowest BCUT2D eigenvalue weighted by Gasteiger charge is -2.32. The highest BCUT2D eigenvalue weighted by molar-refractivity contribution is 7.80. The van der Waals surface area contributed by atoms with E-state index in [1.165, 1.54) is 57.6 Å². The molecule has 2 aromatic heterocycles. The number of rotatable bonds is 31. The summed E-state index contributed by atoms with van der Waals surface area (Å²) in [6.45, 7) is 4.30. The number of primary amides is 1. The third-order valence-corrected chi connectivity index (χ3v) is 15.3. The Morgan fingerprint density at radius 3 is 1.48 bits per heavy atom. The number of amides is 12. The third-order valence-electron chi connectivity index (χ3n) is 15.0. The minimum absolute atomic E-state index is 0.0211. The maximum Gasteiger partial charge on any atom is 0.326 e.